The number of rotatable bonds is 28. The second kappa shape index (κ2) is 42.6. The van der Waals surface area contributed by atoms with Crippen molar-refractivity contribution < 1.29 is 55.4 Å². The van der Waals surface area contributed by atoms with Crippen LogP contribution in [0.5, 0.6) is 0 Å². The maximum absolute atomic E-state index is 15.0. The number of aliphatic hydroxyl groups excluding tert-OH is 1. The number of carbonyl (C=O) groups excluding carboxylic acids is 4. The van der Waals surface area contributed by atoms with E-state index in [9.17, 15) is 89.4 Å². The molecule has 0 aliphatic heterocycles. The van der Waals surface area contributed by atoms with E-state index in [1.807, 2.05) is 98.1 Å². The van der Waals surface area contributed by atoms with E-state index < -0.39 is 92.5 Å². The fraction of sp³-hybridized carbons (Fsp3) is 0.256. The molecule has 31 nitrogen and oxygen atoms in total. The predicted octanol–water partition coefficient (Wildman–Crippen LogP) is 13.0. The fourth-order valence-electron chi connectivity index (χ4n) is 14.6. The molecule has 0 aliphatic carbocycles. The molecule has 0 fully saturated rings. The normalized spacial score (nSPS) is 11.3. The maximum atomic E-state index is 15.0. The first kappa shape index (κ1) is 97.8. The molecule has 680 valence electrons. The summed E-state index contributed by atoms with van der Waals surface area (Å²) in [4.78, 5) is 171. The van der Waals surface area contributed by atoms with E-state index in [-0.39, 0.29) is 140 Å². The van der Waals surface area contributed by atoms with Gasteiger partial charge in [0, 0.05) is 119 Å². The van der Waals surface area contributed by atoms with Crippen molar-refractivity contribution in [3.63, 3.8) is 0 Å². The zero-order valence-corrected chi connectivity index (χ0v) is 77.8. The lowest BCUT2D eigenvalue weighted by Crippen LogP contribution is -2.41. The number of aliphatic hydroxyl groups is 1. The number of ether oxygens (including phenoxy) is 1. The first-order chi connectivity index (χ1) is 61.7. The van der Waals surface area contributed by atoms with Crippen LogP contribution in [0, 0.1) is 48.9 Å². The Morgan fingerprint density at radius 1 is 0.408 bits per heavy atom. The Hall–Kier alpha value is -12.8. The molecule has 0 saturated carbocycles. The van der Waals surface area contributed by atoms with Gasteiger partial charge in [-0.1, -0.05) is 48.5 Å². The molecule has 0 bridgehead atoms. The molecule has 8 N–H and O–H groups in total. The molecule has 0 spiro atoms. The summed E-state index contributed by atoms with van der Waals surface area (Å²) in [7, 11) is 4.33. The lowest BCUT2D eigenvalue weighted by molar-refractivity contribution is -0.199. The number of esters is 1. The number of aryl methyl sites for hydroxylation is 3. The number of anilines is 9. The van der Waals surface area contributed by atoms with E-state index in [2.05, 4.69) is 42.0 Å². The van der Waals surface area contributed by atoms with Crippen LogP contribution in [0.2, 0.25) is 0 Å². The first-order valence-corrected chi connectivity index (χ1v) is 43.5. The first-order valence-electron chi connectivity index (χ1n) is 40.3. The minimum absolute atomic E-state index is 0.0127. The molecule has 0 saturated heterocycles. The highest BCUT2D eigenvalue weighted by Gasteiger charge is 2.41. The topological polar surface area (TPSA) is 380 Å². The van der Waals surface area contributed by atoms with Crippen molar-refractivity contribution >= 4 is 176 Å². The minimum atomic E-state index is -5.16. The summed E-state index contributed by atoms with van der Waals surface area (Å²) < 4.78 is 98.7. The Morgan fingerprint density at radius 3 is 1.04 bits per heavy atom. The fourth-order valence-corrected chi connectivity index (χ4v) is 15.9. The SMILES string of the molecule is CC(=O)Nc1cccc(-n2c(=O)n(CCCCNCc3ccccc3)c(=O)c3c(Nc4ccc(I)cc4F)n(C)c(=O)c(C)c32)c1.CC(=O)Nc1cccc(-n2c(=O)n(CCCCO)c(=O)c3c(Nc4ccc(I)cc4F)n(C)c(=O)c(C)c32)c1.CC(=O)Nc1cccc(-n2c(=O)n(CCCCOC(=O)C(F)(F)F)c(=O)c3c(Nc4ccc(I)cc4F)n(C)c(=O)c(C)c32)c1. The standard InChI is InChI=1S/C34H34FIN6O4.C29H26F4IN5O6.C27H27FIN5O5/c1-21-30-29(31(40(3)32(21)44)39-28-15-14-24(36)18-27(28)35)33(45)41(17-8-7-16-37-20-23-10-5-4-6-11-23)34(46)42(30)26-13-9-12-25(19-26)38-22(2)43;1-15-23-22(24(37(3)25(15)41)36-21-10-9-17(34)13-20(21)30)26(42)38(11-4-5-12-45-27(43)29(31,32)33)28(44)39(23)19-8-6-7-18(14-19)35-16(2)40;1-15-23-22(24(32(3)25(15)37)31-21-10-9-17(29)13-20(21)28)26(38)33(11-4-5-12-35)27(39)34(23)19-8-6-7-18(14-19)30-16(2)36/h4-6,9-15,18-19,37,39H,7-8,16-17,20H2,1-3H3,(H,38,43);6-10,13-14,36H,4-5,11-12H2,1-3H3,(H,35,40);6-10,13-14,31,35H,4-5,11-12H2,1-3H3,(H,30,36). The number of hydrogen-bond donors (Lipinski definition) is 8. The smallest absolute Gasteiger partial charge is 0.459 e. The van der Waals surface area contributed by atoms with Crippen molar-refractivity contribution in [3.8, 4) is 17.1 Å². The van der Waals surface area contributed by atoms with Gasteiger partial charge in [0.1, 0.15) is 51.1 Å². The van der Waals surface area contributed by atoms with Crippen LogP contribution in [0.4, 0.5) is 77.9 Å². The molecule has 3 amide bonds. The molecule has 0 atom stereocenters. The number of nitrogens with one attached hydrogen (secondary N) is 7. The van der Waals surface area contributed by atoms with Gasteiger partial charge in [-0.25, -0.2) is 32.3 Å². The number of pyridine rings is 3. The Labute approximate surface area is 775 Å². The van der Waals surface area contributed by atoms with Crippen LogP contribution in [-0.4, -0.2) is 95.8 Å². The van der Waals surface area contributed by atoms with Gasteiger partial charge in [0.2, 0.25) is 17.7 Å². The van der Waals surface area contributed by atoms with Gasteiger partial charge in [-0.05, 0) is 248 Å². The number of hydrogen-bond acceptors (Lipinski definition) is 19. The van der Waals surface area contributed by atoms with Crippen LogP contribution >= 0.6 is 67.8 Å². The summed E-state index contributed by atoms with van der Waals surface area (Å²) in [5.41, 5.74) is -2.21. The Balaban J connectivity index is 0.000000189. The van der Waals surface area contributed by atoms with E-state index in [1.54, 1.807) is 85.8 Å². The van der Waals surface area contributed by atoms with Crippen LogP contribution in [0.3, 0.4) is 0 Å². The van der Waals surface area contributed by atoms with Gasteiger partial charge >= 0.3 is 29.2 Å². The number of amides is 3. The number of halogens is 9. The highest BCUT2D eigenvalue weighted by molar-refractivity contribution is 14.1. The Morgan fingerprint density at radius 2 is 0.731 bits per heavy atom. The van der Waals surface area contributed by atoms with E-state index in [1.165, 1.54) is 123 Å². The summed E-state index contributed by atoms with van der Waals surface area (Å²) in [6.45, 7) is 8.99. The van der Waals surface area contributed by atoms with Gasteiger partial charge in [0.05, 0.1) is 57.3 Å². The van der Waals surface area contributed by atoms with Crippen molar-refractivity contribution in [2.24, 2.45) is 21.1 Å². The third kappa shape index (κ3) is 22.2. The van der Waals surface area contributed by atoms with Crippen molar-refractivity contribution in [2.75, 3.05) is 51.7 Å². The molecule has 40 heteroatoms. The molecule has 6 heterocycles. The van der Waals surface area contributed by atoms with Gasteiger partial charge in [0.15, 0.2) is 0 Å². The van der Waals surface area contributed by atoms with Crippen molar-refractivity contribution in [1.29, 1.82) is 0 Å². The summed E-state index contributed by atoms with van der Waals surface area (Å²) in [5, 5.41) is 29.2. The number of fused-ring (bicyclic) bond motifs is 3. The second-order valence-electron chi connectivity index (χ2n) is 30.0. The zero-order chi connectivity index (χ0) is 94.6. The molecule has 0 unspecified atom stereocenters. The lowest BCUT2D eigenvalue weighted by Gasteiger charge is -2.21. The highest BCUT2D eigenvalue weighted by Crippen LogP contribution is 2.33. The Kier molecular flexibility index (Phi) is 32.1. The van der Waals surface area contributed by atoms with Crippen LogP contribution in [0.25, 0.3) is 49.8 Å². The van der Waals surface area contributed by atoms with Crippen LogP contribution in [0.1, 0.15) is 81.5 Å². The summed E-state index contributed by atoms with van der Waals surface area (Å²) in [6.07, 6.45) is -3.39. The molecule has 0 aliphatic rings. The number of nitrogens with zero attached hydrogens (tertiary/aromatic N) is 9. The third-order valence-corrected chi connectivity index (χ3v) is 22.7. The number of aromatic nitrogens is 9. The molecule has 13 aromatic rings. The highest BCUT2D eigenvalue weighted by atomic mass is 127. The van der Waals surface area contributed by atoms with Crippen LogP contribution < -0.4 is 87.6 Å². The molecule has 13 rings (SSSR count). The number of benzene rings is 7. The lowest BCUT2D eigenvalue weighted by atomic mass is 10.1. The van der Waals surface area contributed by atoms with Gasteiger partial charge in [-0.2, -0.15) is 13.2 Å². The van der Waals surface area contributed by atoms with Crippen LogP contribution in [-0.2, 0) is 71.2 Å². The largest absolute Gasteiger partial charge is 0.490 e. The molecule has 0 radical (unpaired) electrons. The molecular weight excluding hydrogens is 2040 g/mol. The second-order valence-corrected chi connectivity index (χ2v) is 33.7. The monoisotopic (exact) mass is 2130 g/mol. The van der Waals surface area contributed by atoms with Crippen molar-refractivity contribution in [3.05, 3.63) is 302 Å². The van der Waals surface area contributed by atoms with Crippen molar-refractivity contribution in [2.45, 2.75) is 112 Å². The number of unbranched alkanes of at least 4 members (excludes halogenated alkanes) is 3. The average molecular weight is 2130 g/mol. The van der Waals surface area contributed by atoms with Crippen LogP contribution in [0.15, 0.2) is 201 Å². The quantitative estimate of drug-likeness (QED) is 0.00977. The molecule has 7 aromatic carbocycles. The molecule has 6 aromatic heterocycles. The third-order valence-electron chi connectivity index (χ3n) is 20.7. The summed E-state index contributed by atoms with van der Waals surface area (Å²) in [6, 6.07) is 42.5. The van der Waals surface area contributed by atoms with Crippen molar-refractivity contribution in [1.82, 2.24) is 46.4 Å². The van der Waals surface area contributed by atoms with Gasteiger partial charge in [-0.3, -0.25) is 84.3 Å². The zero-order valence-electron chi connectivity index (χ0n) is 71.3. The minimum Gasteiger partial charge on any atom is -0.459 e. The van der Waals surface area contributed by atoms with E-state index in [0.29, 0.717) is 77.9 Å². The van der Waals surface area contributed by atoms with Gasteiger partial charge in [-0.15, -0.1) is 0 Å². The van der Waals surface area contributed by atoms with Gasteiger partial charge in [0.25, 0.3) is 33.4 Å². The molecule has 130 heavy (non-hydrogen) atoms. The van der Waals surface area contributed by atoms with Gasteiger partial charge < -0.3 is 47.1 Å². The van der Waals surface area contributed by atoms with E-state index in [4.69, 9.17) is 0 Å². The summed E-state index contributed by atoms with van der Waals surface area (Å²) >= 11 is 5.89. The molecular formula is C90H87F6I3N16O15. The number of carbonyl (C=O) groups is 4. The Bertz CT molecular complexity index is 7230. The summed E-state index contributed by atoms with van der Waals surface area (Å²) in [5.74, 6) is -5.22. The van der Waals surface area contributed by atoms with E-state index >= 15 is 4.39 Å². The predicted molar refractivity (Wildman–Crippen MR) is 511 cm³/mol. The maximum Gasteiger partial charge on any atom is 0.490 e. The van der Waals surface area contributed by atoms with E-state index in [0.717, 1.165) is 28.4 Å². The number of alkyl halides is 3. The average Bonchev–Trinajstić information content (AvgIpc) is 0.733.